The van der Waals surface area contributed by atoms with Gasteiger partial charge >= 0.3 is 0 Å². The van der Waals surface area contributed by atoms with Gasteiger partial charge in [0.25, 0.3) is 0 Å². The van der Waals surface area contributed by atoms with E-state index >= 15 is 0 Å². The normalized spacial score (nSPS) is 11.3. The first kappa shape index (κ1) is 18.0. The summed E-state index contributed by atoms with van der Waals surface area (Å²) in [6.45, 7) is 5.09. The molecule has 0 aliphatic carbocycles. The molecule has 2 rings (SSSR count). The van der Waals surface area contributed by atoms with E-state index in [0.29, 0.717) is 28.9 Å². The molecule has 0 saturated carbocycles. The Labute approximate surface area is 141 Å². The largest absolute Gasteiger partial charge is 0.326 e. The molecule has 7 nitrogen and oxygen atoms in total. The molecule has 0 atom stereocenters. The highest BCUT2D eigenvalue weighted by molar-refractivity contribution is 7.89. The number of sulfonamides is 1. The Morgan fingerprint density at radius 1 is 1.17 bits per heavy atom. The molecule has 2 N–H and O–H groups in total. The highest BCUT2D eigenvalue weighted by atomic mass is 32.2. The van der Waals surface area contributed by atoms with Crippen LogP contribution in [-0.4, -0.2) is 30.8 Å². The van der Waals surface area contributed by atoms with Crippen LogP contribution in [0.1, 0.15) is 23.7 Å². The summed E-state index contributed by atoms with van der Waals surface area (Å²) in [5, 5.41) is 2.69. The van der Waals surface area contributed by atoms with Crippen LogP contribution in [0, 0.1) is 13.8 Å². The summed E-state index contributed by atoms with van der Waals surface area (Å²) in [5.41, 5.74) is 2.58. The van der Waals surface area contributed by atoms with Crippen LogP contribution in [0.5, 0.6) is 0 Å². The lowest BCUT2D eigenvalue weighted by Gasteiger charge is -2.13. The molecule has 1 heterocycles. The van der Waals surface area contributed by atoms with Crippen LogP contribution < -0.4 is 10.0 Å². The fourth-order valence-electron chi connectivity index (χ4n) is 2.25. The molecule has 128 valence electrons. The molecule has 2 aromatic rings. The van der Waals surface area contributed by atoms with Crippen molar-refractivity contribution >= 4 is 21.6 Å². The molecule has 0 aliphatic heterocycles. The van der Waals surface area contributed by atoms with Gasteiger partial charge in [-0.1, -0.05) is 0 Å². The Morgan fingerprint density at radius 2 is 1.92 bits per heavy atom. The Morgan fingerprint density at radius 3 is 2.54 bits per heavy atom. The van der Waals surface area contributed by atoms with E-state index in [1.807, 2.05) is 0 Å². The number of nitrogens with one attached hydrogen (secondary N) is 2. The van der Waals surface area contributed by atoms with Gasteiger partial charge in [-0.2, -0.15) is 0 Å². The number of aryl methyl sites for hydroxylation is 2. The number of aromatic nitrogens is 2. The number of rotatable bonds is 6. The summed E-state index contributed by atoms with van der Waals surface area (Å²) in [6.07, 6.45) is 5.19. The van der Waals surface area contributed by atoms with Gasteiger partial charge in [-0.3, -0.25) is 14.8 Å². The van der Waals surface area contributed by atoms with Crippen LogP contribution in [0.25, 0.3) is 0 Å². The van der Waals surface area contributed by atoms with E-state index in [1.54, 1.807) is 44.6 Å². The SMILES string of the molecule is CC(=O)Nc1cc(C)c(S(=O)(=O)NCCc2cnccn2)cc1C. The molecule has 0 radical (unpaired) electrons. The molecule has 24 heavy (non-hydrogen) atoms. The Bertz CT molecular complexity index is 836. The minimum Gasteiger partial charge on any atom is -0.326 e. The van der Waals surface area contributed by atoms with Crippen LogP contribution in [0.4, 0.5) is 5.69 Å². The average molecular weight is 348 g/mol. The van der Waals surface area contributed by atoms with Crippen LogP contribution >= 0.6 is 0 Å². The fourth-order valence-corrected chi connectivity index (χ4v) is 3.59. The third-order valence-electron chi connectivity index (χ3n) is 3.41. The maximum absolute atomic E-state index is 12.5. The van der Waals surface area contributed by atoms with Crippen LogP contribution in [0.3, 0.4) is 0 Å². The maximum Gasteiger partial charge on any atom is 0.240 e. The monoisotopic (exact) mass is 348 g/mol. The van der Waals surface area contributed by atoms with Crippen molar-refractivity contribution in [1.29, 1.82) is 0 Å². The standard InChI is InChI=1S/C16H20N4O3S/c1-11-9-16(12(2)8-15(11)20-13(3)21)24(22,23)19-5-4-14-10-17-6-7-18-14/h6-10,19H,4-5H2,1-3H3,(H,20,21). The van der Waals surface area contributed by atoms with Crippen molar-refractivity contribution in [3.8, 4) is 0 Å². The minimum absolute atomic E-state index is 0.199. The lowest BCUT2D eigenvalue weighted by molar-refractivity contribution is -0.114. The number of nitrogens with zero attached hydrogens (tertiary/aromatic N) is 2. The van der Waals surface area contributed by atoms with Gasteiger partial charge in [0.05, 0.1) is 10.6 Å². The topological polar surface area (TPSA) is 101 Å². The fraction of sp³-hybridized carbons (Fsp3) is 0.312. The third-order valence-corrected chi connectivity index (χ3v) is 5.02. The van der Waals surface area contributed by atoms with Crippen LogP contribution in [0.2, 0.25) is 0 Å². The van der Waals surface area contributed by atoms with E-state index in [0.717, 1.165) is 0 Å². The Kier molecular flexibility index (Phi) is 5.63. The van der Waals surface area contributed by atoms with Crippen molar-refractivity contribution in [2.75, 3.05) is 11.9 Å². The zero-order valence-electron chi connectivity index (χ0n) is 13.8. The summed E-state index contributed by atoms with van der Waals surface area (Å²) in [4.78, 5) is 19.4. The van der Waals surface area contributed by atoms with Crippen molar-refractivity contribution in [1.82, 2.24) is 14.7 Å². The zero-order chi connectivity index (χ0) is 17.7. The number of hydrogen-bond donors (Lipinski definition) is 2. The van der Waals surface area contributed by atoms with Gasteiger partial charge in [-0.15, -0.1) is 0 Å². The van der Waals surface area contributed by atoms with Gasteiger partial charge < -0.3 is 5.32 Å². The molecule has 1 aromatic carbocycles. The summed E-state index contributed by atoms with van der Waals surface area (Å²) < 4.78 is 27.6. The van der Waals surface area contributed by atoms with Crippen molar-refractivity contribution in [3.05, 3.63) is 47.5 Å². The molecule has 1 aromatic heterocycles. The van der Waals surface area contributed by atoms with Crippen LogP contribution in [0.15, 0.2) is 35.6 Å². The van der Waals surface area contributed by atoms with E-state index in [1.165, 1.54) is 6.92 Å². The summed E-state index contributed by atoms with van der Waals surface area (Å²) in [5.74, 6) is -0.199. The van der Waals surface area contributed by atoms with Gasteiger partial charge in [-0.05, 0) is 37.1 Å². The molecular weight excluding hydrogens is 328 g/mol. The summed E-state index contributed by atoms with van der Waals surface area (Å²) in [7, 11) is -3.64. The predicted octanol–water partition coefficient (Wildman–Crippen LogP) is 1.57. The molecule has 0 aliphatic rings. The number of amides is 1. The number of hydrogen-bond acceptors (Lipinski definition) is 5. The summed E-state index contributed by atoms with van der Waals surface area (Å²) >= 11 is 0. The Balaban J connectivity index is 2.14. The maximum atomic E-state index is 12.5. The molecule has 0 bridgehead atoms. The number of carbonyl (C=O) groups is 1. The molecule has 0 unspecified atom stereocenters. The Hall–Kier alpha value is -2.32. The van der Waals surface area contributed by atoms with Gasteiger partial charge in [0, 0.05) is 44.2 Å². The van der Waals surface area contributed by atoms with Crippen molar-refractivity contribution in [2.45, 2.75) is 32.1 Å². The number of benzene rings is 1. The van der Waals surface area contributed by atoms with E-state index < -0.39 is 10.0 Å². The molecule has 1 amide bonds. The summed E-state index contributed by atoms with van der Waals surface area (Å²) in [6, 6.07) is 3.22. The van der Waals surface area contributed by atoms with Gasteiger partial charge in [0.15, 0.2) is 0 Å². The molecule has 0 spiro atoms. The lowest BCUT2D eigenvalue weighted by atomic mass is 10.1. The first-order valence-corrected chi connectivity index (χ1v) is 8.91. The highest BCUT2D eigenvalue weighted by Crippen LogP contribution is 2.24. The smallest absolute Gasteiger partial charge is 0.240 e. The van der Waals surface area contributed by atoms with E-state index in [2.05, 4.69) is 20.0 Å². The van der Waals surface area contributed by atoms with Crippen LogP contribution in [-0.2, 0) is 21.2 Å². The first-order valence-electron chi connectivity index (χ1n) is 7.43. The minimum atomic E-state index is -3.64. The van der Waals surface area contributed by atoms with E-state index in [4.69, 9.17) is 0 Å². The molecule has 8 heteroatoms. The molecule has 0 saturated heterocycles. The molecule has 0 fully saturated rings. The van der Waals surface area contributed by atoms with Gasteiger partial charge in [0.1, 0.15) is 0 Å². The second kappa shape index (κ2) is 7.50. The van der Waals surface area contributed by atoms with E-state index in [9.17, 15) is 13.2 Å². The predicted molar refractivity (Wildman–Crippen MR) is 91.1 cm³/mol. The van der Waals surface area contributed by atoms with Crippen molar-refractivity contribution < 1.29 is 13.2 Å². The van der Waals surface area contributed by atoms with Gasteiger partial charge in [0.2, 0.25) is 15.9 Å². The number of carbonyl (C=O) groups excluding carboxylic acids is 1. The third kappa shape index (κ3) is 4.59. The van der Waals surface area contributed by atoms with Gasteiger partial charge in [-0.25, -0.2) is 13.1 Å². The first-order chi connectivity index (χ1) is 11.3. The van der Waals surface area contributed by atoms with Crippen molar-refractivity contribution in [3.63, 3.8) is 0 Å². The van der Waals surface area contributed by atoms with E-state index in [-0.39, 0.29) is 17.3 Å². The quantitative estimate of drug-likeness (QED) is 0.825. The lowest BCUT2D eigenvalue weighted by Crippen LogP contribution is -2.27. The second-order valence-electron chi connectivity index (χ2n) is 5.46. The average Bonchev–Trinajstić information content (AvgIpc) is 2.51. The molecular formula is C16H20N4O3S. The zero-order valence-corrected chi connectivity index (χ0v) is 14.6. The number of anilines is 1. The van der Waals surface area contributed by atoms with Crippen molar-refractivity contribution in [2.24, 2.45) is 0 Å². The highest BCUT2D eigenvalue weighted by Gasteiger charge is 2.18. The second-order valence-corrected chi connectivity index (χ2v) is 7.19.